The van der Waals surface area contributed by atoms with E-state index < -0.39 is 7.92 Å². The fourth-order valence-electron chi connectivity index (χ4n) is 2.42. The summed E-state index contributed by atoms with van der Waals surface area (Å²) in [6, 6.07) is 26.7. The number of rotatable bonds is 3. The van der Waals surface area contributed by atoms with Gasteiger partial charge in [0.25, 0.3) is 0 Å². The quantitative estimate of drug-likeness (QED) is 0.733. The van der Waals surface area contributed by atoms with E-state index >= 15 is 0 Å². The number of phenolic OH excluding ortho intramolecular Hbond substituents is 1. The van der Waals surface area contributed by atoms with Gasteiger partial charge < -0.3 is 5.11 Å². The first kappa shape index (κ1) is 13.9. The Morgan fingerprint density at radius 3 is 1.90 bits per heavy atom. The molecule has 104 valence electrons. The van der Waals surface area contributed by atoms with Crippen LogP contribution >= 0.6 is 7.92 Å². The van der Waals surface area contributed by atoms with E-state index in [0.29, 0.717) is 5.75 Å². The summed E-state index contributed by atoms with van der Waals surface area (Å²) < 4.78 is 0. The zero-order valence-corrected chi connectivity index (χ0v) is 12.8. The van der Waals surface area contributed by atoms with Gasteiger partial charge in [-0.05, 0) is 48.5 Å². The normalized spacial score (nSPS) is 12.0. The van der Waals surface area contributed by atoms with E-state index in [0.717, 1.165) is 0 Å². The molecule has 0 aliphatic carbocycles. The summed E-state index contributed by atoms with van der Waals surface area (Å²) in [6.45, 7) is 2.16. The third-order valence-corrected chi connectivity index (χ3v) is 6.09. The van der Waals surface area contributed by atoms with Crippen molar-refractivity contribution >= 4 is 23.8 Å². The Morgan fingerprint density at radius 1 is 0.667 bits per heavy atom. The van der Waals surface area contributed by atoms with Gasteiger partial charge in [0.05, 0.1) is 0 Å². The molecule has 0 fully saturated rings. The molecule has 3 aromatic rings. The zero-order chi connectivity index (χ0) is 14.7. The molecule has 0 saturated carbocycles. The lowest BCUT2D eigenvalue weighted by atomic mass is 10.2. The zero-order valence-electron chi connectivity index (χ0n) is 11.9. The molecule has 0 bridgehead atoms. The van der Waals surface area contributed by atoms with Crippen LogP contribution in [0.1, 0.15) is 5.56 Å². The first-order valence-corrected chi connectivity index (χ1v) is 8.30. The highest BCUT2D eigenvalue weighted by molar-refractivity contribution is 7.79. The second-order valence-electron chi connectivity index (χ2n) is 4.97. The average Bonchev–Trinajstić information content (AvgIpc) is 2.52. The number of aromatic hydroxyl groups is 1. The van der Waals surface area contributed by atoms with Crippen LogP contribution in [0.25, 0.3) is 0 Å². The molecule has 1 nitrogen and oxygen atoms in total. The molecule has 0 heterocycles. The predicted molar refractivity (Wildman–Crippen MR) is 91.5 cm³/mol. The van der Waals surface area contributed by atoms with Crippen molar-refractivity contribution < 1.29 is 5.11 Å². The number of aryl methyl sites for hydroxylation is 1. The molecule has 0 radical (unpaired) electrons. The van der Waals surface area contributed by atoms with Crippen molar-refractivity contribution in [1.82, 2.24) is 0 Å². The maximum Gasteiger partial charge on any atom is 0.115 e. The number of phenols is 1. The maximum atomic E-state index is 9.54. The van der Waals surface area contributed by atoms with Gasteiger partial charge in [-0.15, -0.1) is 0 Å². The van der Waals surface area contributed by atoms with Gasteiger partial charge >= 0.3 is 0 Å². The standard InChI is InChI=1S/C19H17OP/c1-15-7-5-6-10-19(15)21(17-8-3-2-4-9-17)18-13-11-16(20)12-14-18/h2-14,20H,1H3. The van der Waals surface area contributed by atoms with E-state index in [4.69, 9.17) is 0 Å². The topological polar surface area (TPSA) is 20.2 Å². The Bertz CT molecular complexity index is 720. The van der Waals surface area contributed by atoms with Gasteiger partial charge in [0, 0.05) is 0 Å². The first-order chi connectivity index (χ1) is 10.3. The molecule has 3 rings (SSSR count). The third-order valence-electron chi connectivity index (χ3n) is 3.48. The van der Waals surface area contributed by atoms with Crippen molar-refractivity contribution in [2.24, 2.45) is 0 Å². The SMILES string of the molecule is Cc1ccccc1P(c1ccccc1)c1ccc(O)cc1. The van der Waals surface area contributed by atoms with Crippen molar-refractivity contribution in [3.63, 3.8) is 0 Å². The molecule has 0 saturated heterocycles. The molecule has 1 unspecified atom stereocenters. The van der Waals surface area contributed by atoms with Gasteiger partial charge in [-0.3, -0.25) is 0 Å². The maximum absolute atomic E-state index is 9.54. The molecule has 2 heteroatoms. The highest BCUT2D eigenvalue weighted by atomic mass is 31.1. The van der Waals surface area contributed by atoms with Crippen LogP contribution in [0.2, 0.25) is 0 Å². The summed E-state index contributed by atoms with van der Waals surface area (Å²) in [5, 5.41) is 13.5. The summed E-state index contributed by atoms with van der Waals surface area (Å²) in [5.74, 6) is 0.312. The number of hydrogen-bond acceptors (Lipinski definition) is 1. The van der Waals surface area contributed by atoms with Gasteiger partial charge in [-0.2, -0.15) is 0 Å². The summed E-state index contributed by atoms with van der Waals surface area (Å²) in [7, 11) is -0.590. The average molecular weight is 292 g/mol. The van der Waals surface area contributed by atoms with Gasteiger partial charge in [0.2, 0.25) is 0 Å². The molecule has 0 amide bonds. The lowest BCUT2D eigenvalue weighted by Gasteiger charge is -2.21. The minimum absolute atomic E-state index is 0.312. The van der Waals surface area contributed by atoms with Crippen LogP contribution in [0.5, 0.6) is 5.75 Å². The highest BCUT2D eigenvalue weighted by Gasteiger charge is 2.17. The Balaban J connectivity index is 2.16. The second kappa shape index (κ2) is 6.11. The molecule has 0 aliphatic rings. The van der Waals surface area contributed by atoms with Crippen LogP contribution in [-0.2, 0) is 0 Å². The smallest absolute Gasteiger partial charge is 0.115 e. The van der Waals surface area contributed by atoms with Crippen LogP contribution in [0, 0.1) is 6.92 Å². The van der Waals surface area contributed by atoms with E-state index in [1.54, 1.807) is 12.1 Å². The summed E-state index contributed by atoms with van der Waals surface area (Å²) in [5.41, 5.74) is 1.31. The molecule has 21 heavy (non-hydrogen) atoms. The van der Waals surface area contributed by atoms with Gasteiger partial charge in [0.1, 0.15) is 5.75 Å². The molecule has 0 aromatic heterocycles. The van der Waals surface area contributed by atoms with Gasteiger partial charge in [-0.25, -0.2) is 0 Å². The van der Waals surface area contributed by atoms with Crippen molar-refractivity contribution in [2.75, 3.05) is 0 Å². The molecular formula is C19H17OP. The molecular weight excluding hydrogens is 275 g/mol. The van der Waals surface area contributed by atoms with Crippen molar-refractivity contribution in [2.45, 2.75) is 6.92 Å². The summed E-state index contributed by atoms with van der Waals surface area (Å²) in [4.78, 5) is 0. The molecule has 0 spiro atoms. The van der Waals surface area contributed by atoms with E-state index in [1.807, 2.05) is 18.2 Å². The highest BCUT2D eigenvalue weighted by Crippen LogP contribution is 2.34. The number of benzene rings is 3. The van der Waals surface area contributed by atoms with E-state index in [1.165, 1.54) is 21.5 Å². The summed E-state index contributed by atoms with van der Waals surface area (Å²) >= 11 is 0. The first-order valence-electron chi connectivity index (χ1n) is 6.95. The molecule has 0 aliphatic heterocycles. The van der Waals surface area contributed by atoms with Crippen molar-refractivity contribution in [3.05, 3.63) is 84.4 Å². The van der Waals surface area contributed by atoms with E-state index in [2.05, 4.69) is 55.5 Å². The molecule has 3 aromatic carbocycles. The van der Waals surface area contributed by atoms with Crippen molar-refractivity contribution in [3.8, 4) is 5.75 Å². The Labute approximate surface area is 126 Å². The van der Waals surface area contributed by atoms with E-state index in [-0.39, 0.29) is 0 Å². The third kappa shape index (κ3) is 2.99. The lowest BCUT2D eigenvalue weighted by Crippen LogP contribution is -2.22. The minimum Gasteiger partial charge on any atom is -0.508 e. The molecule has 1 N–H and O–H groups in total. The van der Waals surface area contributed by atoms with Crippen LogP contribution in [0.3, 0.4) is 0 Å². The largest absolute Gasteiger partial charge is 0.508 e. The van der Waals surface area contributed by atoms with E-state index in [9.17, 15) is 5.11 Å². The van der Waals surface area contributed by atoms with Gasteiger partial charge in [0.15, 0.2) is 0 Å². The number of hydrogen-bond donors (Lipinski definition) is 1. The lowest BCUT2D eigenvalue weighted by molar-refractivity contribution is 0.475. The van der Waals surface area contributed by atoms with Crippen LogP contribution in [-0.4, -0.2) is 5.11 Å². The van der Waals surface area contributed by atoms with Crippen molar-refractivity contribution in [1.29, 1.82) is 0 Å². The predicted octanol–water partition coefficient (Wildman–Crippen LogP) is 3.46. The fraction of sp³-hybridized carbons (Fsp3) is 0.0526. The van der Waals surface area contributed by atoms with Crippen LogP contribution in [0.4, 0.5) is 0 Å². The monoisotopic (exact) mass is 292 g/mol. The fourth-order valence-corrected chi connectivity index (χ4v) is 4.85. The van der Waals surface area contributed by atoms with Crippen LogP contribution in [0.15, 0.2) is 78.9 Å². The van der Waals surface area contributed by atoms with Gasteiger partial charge in [-0.1, -0.05) is 66.7 Å². The Kier molecular flexibility index (Phi) is 4.03. The Morgan fingerprint density at radius 2 is 1.24 bits per heavy atom. The minimum atomic E-state index is -0.590. The second-order valence-corrected chi connectivity index (χ2v) is 7.16. The summed E-state index contributed by atoms with van der Waals surface area (Å²) in [6.07, 6.45) is 0. The van der Waals surface area contributed by atoms with Crippen LogP contribution < -0.4 is 15.9 Å². The Hall–Kier alpha value is -2.11. The molecule has 1 atom stereocenters.